The number of hydrogen-bond donors (Lipinski definition) is 0. The molecule has 2 aromatic carbocycles. The summed E-state index contributed by atoms with van der Waals surface area (Å²) in [5, 5.41) is 0. The minimum atomic E-state index is 0.0734. The van der Waals surface area contributed by atoms with Crippen LogP contribution in [0.5, 0.6) is 11.5 Å². The van der Waals surface area contributed by atoms with Crippen molar-refractivity contribution < 1.29 is 14.3 Å². The number of ketones is 1. The summed E-state index contributed by atoms with van der Waals surface area (Å²) >= 11 is 1.64. The largest absolute Gasteiger partial charge is 0.486 e. The zero-order valence-electron chi connectivity index (χ0n) is 15.6. The number of fused-ring (bicyclic) bond motifs is 1. The first-order valence-corrected chi connectivity index (χ1v) is 10.7. The number of rotatable bonds is 5. The molecule has 0 radical (unpaired) electrons. The molecule has 1 atom stereocenters. The van der Waals surface area contributed by atoms with Crippen LogP contribution >= 0.6 is 11.8 Å². The number of thioether (sulfide) groups is 1. The third kappa shape index (κ3) is 4.14. The highest BCUT2D eigenvalue weighted by atomic mass is 32.2. The summed E-state index contributed by atoms with van der Waals surface area (Å²) in [6.45, 7) is 3.90. The highest BCUT2D eigenvalue weighted by molar-refractivity contribution is 7.98. The molecule has 0 N–H and O–H groups in total. The first-order chi connectivity index (χ1) is 13.2. The van der Waals surface area contributed by atoms with Crippen molar-refractivity contribution in [3.8, 4) is 11.5 Å². The van der Waals surface area contributed by atoms with Crippen LogP contribution in [0, 0.1) is 5.92 Å². The van der Waals surface area contributed by atoms with Crippen molar-refractivity contribution in [3.05, 3.63) is 53.6 Å². The highest BCUT2D eigenvalue weighted by Crippen LogP contribution is 2.32. The van der Waals surface area contributed by atoms with Crippen molar-refractivity contribution in [1.29, 1.82) is 0 Å². The minimum Gasteiger partial charge on any atom is -0.486 e. The molecule has 4 rings (SSSR count). The van der Waals surface area contributed by atoms with Gasteiger partial charge in [-0.05, 0) is 49.4 Å². The lowest BCUT2D eigenvalue weighted by Gasteiger charge is -2.32. The summed E-state index contributed by atoms with van der Waals surface area (Å²) in [6, 6.07) is 14.1. The first-order valence-electron chi connectivity index (χ1n) is 9.52. The SMILES string of the molecule is CSc1ccccc1C(=O)[C@@H]1CCCN(Cc2ccc3c(c2)OCCO3)C1. The van der Waals surface area contributed by atoms with Crippen molar-refractivity contribution in [2.24, 2.45) is 5.92 Å². The van der Waals surface area contributed by atoms with Gasteiger partial charge in [0, 0.05) is 29.5 Å². The van der Waals surface area contributed by atoms with E-state index in [2.05, 4.69) is 17.0 Å². The molecular weight excluding hydrogens is 358 g/mol. The second-order valence-electron chi connectivity index (χ2n) is 7.12. The zero-order chi connectivity index (χ0) is 18.6. The molecule has 0 unspecified atom stereocenters. The summed E-state index contributed by atoms with van der Waals surface area (Å²) in [7, 11) is 0. The van der Waals surface area contributed by atoms with E-state index >= 15 is 0 Å². The molecule has 4 nitrogen and oxygen atoms in total. The first kappa shape index (κ1) is 18.4. The van der Waals surface area contributed by atoms with Gasteiger partial charge in [-0.1, -0.05) is 24.3 Å². The maximum Gasteiger partial charge on any atom is 0.168 e. The van der Waals surface area contributed by atoms with Gasteiger partial charge in [-0.15, -0.1) is 11.8 Å². The van der Waals surface area contributed by atoms with E-state index in [-0.39, 0.29) is 11.7 Å². The van der Waals surface area contributed by atoms with Crippen LogP contribution in [0.25, 0.3) is 0 Å². The van der Waals surface area contributed by atoms with Gasteiger partial charge in [0.25, 0.3) is 0 Å². The van der Waals surface area contributed by atoms with Gasteiger partial charge in [-0.25, -0.2) is 0 Å². The standard InChI is InChI=1S/C22H25NO3S/c1-27-21-7-3-2-6-18(21)22(24)17-5-4-10-23(15-17)14-16-8-9-19-20(13-16)26-12-11-25-19/h2-3,6-9,13,17H,4-5,10-12,14-15H2,1H3/t17-/m1/s1. The highest BCUT2D eigenvalue weighted by Gasteiger charge is 2.28. The molecule has 1 fully saturated rings. The van der Waals surface area contributed by atoms with Gasteiger partial charge in [0.05, 0.1) is 0 Å². The van der Waals surface area contributed by atoms with Crippen LogP contribution in [-0.4, -0.2) is 43.2 Å². The van der Waals surface area contributed by atoms with E-state index in [9.17, 15) is 4.79 Å². The Morgan fingerprint density at radius 3 is 2.81 bits per heavy atom. The summed E-state index contributed by atoms with van der Waals surface area (Å²) in [6.07, 6.45) is 4.06. The van der Waals surface area contributed by atoms with Crippen molar-refractivity contribution in [2.75, 3.05) is 32.6 Å². The van der Waals surface area contributed by atoms with E-state index < -0.39 is 0 Å². The molecule has 0 amide bonds. The smallest absolute Gasteiger partial charge is 0.168 e. The average Bonchev–Trinajstić information content (AvgIpc) is 2.73. The predicted molar refractivity (Wildman–Crippen MR) is 108 cm³/mol. The number of nitrogens with zero attached hydrogens (tertiary/aromatic N) is 1. The van der Waals surface area contributed by atoms with Crippen LogP contribution < -0.4 is 9.47 Å². The molecule has 0 spiro atoms. The van der Waals surface area contributed by atoms with Crippen LogP contribution in [0.4, 0.5) is 0 Å². The molecule has 0 aromatic heterocycles. The van der Waals surface area contributed by atoms with Gasteiger partial charge < -0.3 is 9.47 Å². The number of Topliss-reactive ketones (excluding diaryl/α,β-unsaturated/α-hetero) is 1. The molecule has 2 aliphatic heterocycles. The number of ether oxygens (including phenoxy) is 2. The normalized spacial score (nSPS) is 19.7. The lowest BCUT2D eigenvalue weighted by Crippen LogP contribution is -2.38. The van der Waals surface area contributed by atoms with Crippen LogP contribution in [0.15, 0.2) is 47.4 Å². The maximum atomic E-state index is 13.1. The molecular formula is C22H25NO3S. The average molecular weight is 384 g/mol. The molecule has 2 aliphatic rings. The fourth-order valence-corrected chi connectivity index (χ4v) is 4.53. The quantitative estimate of drug-likeness (QED) is 0.569. The third-order valence-electron chi connectivity index (χ3n) is 5.26. The van der Waals surface area contributed by atoms with Crippen LogP contribution in [0.2, 0.25) is 0 Å². The summed E-state index contributed by atoms with van der Waals surface area (Å²) in [5.74, 6) is 2.01. The van der Waals surface area contributed by atoms with Crippen molar-refractivity contribution >= 4 is 17.5 Å². The van der Waals surface area contributed by atoms with E-state index in [1.54, 1.807) is 11.8 Å². The predicted octanol–water partition coefficient (Wildman–Crippen LogP) is 4.27. The maximum absolute atomic E-state index is 13.1. The van der Waals surface area contributed by atoms with Gasteiger partial charge in [0.1, 0.15) is 13.2 Å². The minimum absolute atomic E-state index is 0.0734. The monoisotopic (exact) mass is 383 g/mol. The van der Waals surface area contributed by atoms with E-state index in [4.69, 9.17) is 9.47 Å². The Morgan fingerprint density at radius 1 is 1.15 bits per heavy atom. The molecule has 0 aliphatic carbocycles. The van der Waals surface area contributed by atoms with Crippen molar-refractivity contribution in [3.63, 3.8) is 0 Å². The zero-order valence-corrected chi connectivity index (χ0v) is 16.5. The summed E-state index contributed by atoms with van der Waals surface area (Å²) < 4.78 is 11.3. The second-order valence-corrected chi connectivity index (χ2v) is 7.96. The van der Waals surface area contributed by atoms with Gasteiger partial charge in [-0.2, -0.15) is 0 Å². The fraction of sp³-hybridized carbons (Fsp3) is 0.409. The second kappa shape index (κ2) is 8.36. The lowest BCUT2D eigenvalue weighted by atomic mass is 9.89. The van der Waals surface area contributed by atoms with Gasteiger partial charge in [-0.3, -0.25) is 9.69 Å². The topological polar surface area (TPSA) is 38.8 Å². The van der Waals surface area contributed by atoms with E-state index in [0.717, 1.165) is 54.4 Å². The fourth-order valence-electron chi connectivity index (χ4n) is 3.93. The Morgan fingerprint density at radius 2 is 1.96 bits per heavy atom. The Bertz CT molecular complexity index is 823. The lowest BCUT2D eigenvalue weighted by molar-refractivity contribution is 0.0808. The molecule has 0 saturated carbocycles. The number of carbonyl (C=O) groups excluding carboxylic acids is 1. The molecule has 5 heteroatoms. The van der Waals surface area contributed by atoms with Gasteiger partial charge in [0.2, 0.25) is 0 Å². The Labute approximate surface area is 164 Å². The molecule has 1 saturated heterocycles. The van der Waals surface area contributed by atoms with Crippen LogP contribution in [-0.2, 0) is 6.54 Å². The summed E-state index contributed by atoms with van der Waals surface area (Å²) in [4.78, 5) is 16.6. The van der Waals surface area contributed by atoms with Crippen molar-refractivity contribution in [1.82, 2.24) is 4.90 Å². The molecule has 0 bridgehead atoms. The Hall–Kier alpha value is -1.98. The Kier molecular flexibility index (Phi) is 5.69. The van der Waals surface area contributed by atoms with Gasteiger partial charge in [0.15, 0.2) is 17.3 Å². The van der Waals surface area contributed by atoms with Crippen molar-refractivity contribution in [2.45, 2.75) is 24.3 Å². The third-order valence-corrected chi connectivity index (χ3v) is 6.06. The Balaban J connectivity index is 1.44. The van der Waals surface area contributed by atoms with Gasteiger partial charge >= 0.3 is 0 Å². The molecule has 27 heavy (non-hydrogen) atoms. The molecule has 142 valence electrons. The van der Waals surface area contributed by atoms with E-state index in [1.807, 2.05) is 36.6 Å². The number of piperidine rings is 1. The molecule has 2 aromatic rings. The van der Waals surface area contributed by atoms with E-state index in [0.29, 0.717) is 13.2 Å². The molecule has 2 heterocycles. The number of likely N-dealkylation sites (tertiary alicyclic amines) is 1. The van der Waals surface area contributed by atoms with Crippen LogP contribution in [0.3, 0.4) is 0 Å². The van der Waals surface area contributed by atoms with E-state index in [1.165, 1.54) is 5.56 Å². The number of hydrogen-bond acceptors (Lipinski definition) is 5. The summed E-state index contributed by atoms with van der Waals surface area (Å²) in [5.41, 5.74) is 2.08. The van der Waals surface area contributed by atoms with Crippen LogP contribution in [0.1, 0.15) is 28.8 Å². The number of benzene rings is 2. The number of carbonyl (C=O) groups is 1.